The van der Waals surface area contributed by atoms with Crippen molar-refractivity contribution in [1.82, 2.24) is 0 Å². The second kappa shape index (κ2) is 8.23. The molecule has 3 atom stereocenters. The van der Waals surface area contributed by atoms with Crippen molar-refractivity contribution in [1.29, 1.82) is 0 Å². The molecule has 28 heavy (non-hydrogen) atoms. The molecule has 1 N–H and O–H groups in total. The van der Waals surface area contributed by atoms with E-state index in [1.807, 2.05) is 24.3 Å². The number of hydrogen-bond acceptors (Lipinski definition) is 4. The zero-order chi connectivity index (χ0) is 19.5. The normalized spacial score (nSPS) is 23.0. The van der Waals surface area contributed by atoms with Crippen LogP contribution in [0.1, 0.15) is 47.2 Å². The Kier molecular flexibility index (Phi) is 5.53. The summed E-state index contributed by atoms with van der Waals surface area (Å²) in [6.45, 7) is 0.782. The van der Waals surface area contributed by atoms with Crippen LogP contribution in [-0.4, -0.2) is 24.3 Å². The quantitative estimate of drug-likeness (QED) is 0.718. The Balaban J connectivity index is 1.38. The summed E-state index contributed by atoms with van der Waals surface area (Å²) in [7, 11) is 1.66. The average molecular weight is 382 g/mol. The van der Waals surface area contributed by atoms with Crippen LogP contribution in [-0.2, 0) is 18.0 Å². The predicted molar refractivity (Wildman–Crippen MR) is 105 cm³/mol. The van der Waals surface area contributed by atoms with E-state index in [4.69, 9.17) is 19.3 Å². The van der Waals surface area contributed by atoms with Gasteiger partial charge in [0.1, 0.15) is 6.10 Å². The first-order valence-electron chi connectivity index (χ1n) is 9.86. The fourth-order valence-electron chi connectivity index (χ4n) is 4.48. The highest BCUT2D eigenvalue weighted by molar-refractivity contribution is 5.87. The van der Waals surface area contributed by atoms with Gasteiger partial charge in [0.15, 0.2) is 11.5 Å². The Hall–Kier alpha value is -2.53. The molecule has 2 bridgehead atoms. The minimum absolute atomic E-state index is 0.270. The van der Waals surface area contributed by atoms with Gasteiger partial charge >= 0.3 is 5.97 Å². The molecule has 2 aliphatic rings. The summed E-state index contributed by atoms with van der Waals surface area (Å²) in [5, 5.41) is 9.08. The average Bonchev–Trinajstić information content (AvgIpc) is 3.32. The van der Waals surface area contributed by atoms with Crippen molar-refractivity contribution in [3.63, 3.8) is 0 Å². The molecule has 148 valence electrons. The molecule has 5 heteroatoms. The van der Waals surface area contributed by atoms with Crippen molar-refractivity contribution in [3.8, 4) is 11.5 Å². The number of aromatic carboxylic acids is 1. The van der Waals surface area contributed by atoms with Crippen molar-refractivity contribution < 1.29 is 24.1 Å². The molecule has 0 amide bonds. The lowest BCUT2D eigenvalue weighted by molar-refractivity contribution is 0.0696. The molecule has 0 spiro atoms. The molecule has 2 aromatic carbocycles. The van der Waals surface area contributed by atoms with Gasteiger partial charge < -0.3 is 19.3 Å². The van der Waals surface area contributed by atoms with Crippen molar-refractivity contribution >= 4 is 5.97 Å². The third-order valence-corrected chi connectivity index (χ3v) is 5.89. The molecule has 2 fully saturated rings. The SMILES string of the molecule is COc1ccc(COCc2cccc(C(=O)O)c2)cc1OC1CC2CCC1C2. The third-order valence-electron chi connectivity index (χ3n) is 5.89. The lowest BCUT2D eigenvalue weighted by Crippen LogP contribution is -2.23. The summed E-state index contributed by atoms with van der Waals surface area (Å²) in [6.07, 6.45) is 5.36. The van der Waals surface area contributed by atoms with E-state index in [1.54, 1.807) is 25.3 Å². The molecule has 0 saturated heterocycles. The second-order valence-electron chi connectivity index (χ2n) is 7.81. The van der Waals surface area contributed by atoms with Crippen LogP contribution < -0.4 is 9.47 Å². The van der Waals surface area contributed by atoms with Gasteiger partial charge in [-0.2, -0.15) is 0 Å². The van der Waals surface area contributed by atoms with Crippen molar-refractivity contribution in [3.05, 3.63) is 59.2 Å². The Bertz CT molecular complexity index is 847. The van der Waals surface area contributed by atoms with Crippen LogP contribution in [0.2, 0.25) is 0 Å². The van der Waals surface area contributed by atoms with Gasteiger partial charge in [-0.25, -0.2) is 4.79 Å². The highest BCUT2D eigenvalue weighted by Gasteiger charge is 2.41. The van der Waals surface area contributed by atoms with Gasteiger partial charge in [0.25, 0.3) is 0 Å². The van der Waals surface area contributed by atoms with E-state index < -0.39 is 5.97 Å². The van der Waals surface area contributed by atoms with Gasteiger partial charge in [-0.15, -0.1) is 0 Å². The summed E-state index contributed by atoms with van der Waals surface area (Å²) in [6, 6.07) is 12.7. The number of carbonyl (C=O) groups is 1. The summed E-state index contributed by atoms with van der Waals surface area (Å²) >= 11 is 0. The standard InChI is InChI=1S/C23H26O5/c1-26-20-8-6-17(12-22(20)28-21-11-15-5-7-18(21)9-15)14-27-13-16-3-2-4-19(10-16)23(24)25/h2-4,6,8,10,12,15,18,21H,5,7,9,11,13-14H2,1H3,(H,24,25). The van der Waals surface area contributed by atoms with Crippen LogP contribution in [0, 0.1) is 11.8 Å². The van der Waals surface area contributed by atoms with Crippen molar-refractivity contribution in [2.24, 2.45) is 11.8 Å². The number of rotatable bonds is 8. The van der Waals surface area contributed by atoms with E-state index in [1.165, 1.54) is 19.3 Å². The van der Waals surface area contributed by atoms with Crippen LogP contribution in [0.4, 0.5) is 0 Å². The van der Waals surface area contributed by atoms with E-state index in [-0.39, 0.29) is 5.56 Å². The van der Waals surface area contributed by atoms with Crippen molar-refractivity contribution in [2.75, 3.05) is 7.11 Å². The van der Waals surface area contributed by atoms with Crippen molar-refractivity contribution in [2.45, 2.75) is 45.0 Å². The zero-order valence-corrected chi connectivity index (χ0v) is 16.1. The summed E-state index contributed by atoms with van der Waals surface area (Å²) in [5.74, 6) is 2.11. The van der Waals surface area contributed by atoms with E-state index >= 15 is 0 Å². The lowest BCUT2D eigenvalue weighted by Gasteiger charge is -2.24. The highest BCUT2D eigenvalue weighted by atomic mass is 16.5. The minimum atomic E-state index is -0.931. The van der Waals surface area contributed by atoms with Crippen LogP contribution in [0.25, 0.3) is 0 Å². The zero-order valence-electron chi connectivity index (χ0n) is 16.1. The molecule has 0 aromatic heterocycles. The molecular weight excluding hydrogens is 356 g/mol. The first-order valence-corrected chi connectivity index (χ1v) is 9.86. The number of methoxy groups -OCH3 is 1. The van der Waals surface area contributed by atoms with Crippen LogP contribution in [0.3, 0.4) is 0 Å². The summed E-state index contributed by atoms with van der Waals surface area (Å²) < 4.78 is 17.6. The van der Waals surface area contributed by atoms with E-state index in [0.717, 1.165) is 35.0 Å². The molecular formula is C23H26O5. The number of benzene rings is 2. The maximum atomic E-state index is 11.1. The number of carboxylic acids is 1. The Morgan fingerprint density at radius 3 is 2.54 bits per heavy atom. The molecule has 0 heterocycles. The first kappa shape index (κ1) is 18.8. The van der Waals surface area contributed by atoms with Gasteiger partial charge in [0.05, 0.1) is 25.9 Å². The summed E-state index contributed by atoms with van der Waals surface area (Å²) in [4.78, 5) is 11.1. The van der Waals surface area contributed by atoms with E-state index in [0.29, 0.717) is 25.2 Å². The van der Waals surface area contributed by atoms with Gasteiger partial charge in [0, 0.05) is 0 Å². The molecule has 0 radical (unpaired) electrons. The third kappa shape index (κ3) is 4.14. The predicted octanol–water partition coefficient (Wildman–Crippen LogP) is 4.68. The molecule has 2 aliphatic carbocycles. The van der Waals surface area contributed by atoms with E-state index in [9.17, 15) is 4.79 Å². The summed E-state index contributed by atoms with van der Waals surface area (Å²) in [5.41, 5.74) is 2.12. The first-order chi connectivity index (χ1) is 13.6. The Morgan fingerprint density at radius 2 is 1.86 bits per heavy atom. The highest BCUT2D eigenvalue weighted by Crippen LogP contribution is 2.46. The van der Waals surface area contributed by atoms with Gasteiger partial charge in [0.2, 0.25) is 0 Å². The lowest BCUT2D eigenvalue weighted by atomic mass is 9.97. The Labute approximate surface area is 165 Å². The van der Waals surface area contributed by atoms with E-state index in [2.05, 4.69) is 0 Å². The number of carboxylic acid groups (broad SMARTS) is 1. The molecule has 2 aromatic rings. The molecule has 4 rings (SSSR count). The topological polar surface area (TPSA) is 65.0 Å². The fraction of sp³-hybridized carbons (Fsp3) is 0.435. The van der Waals surface area contributed by atoms with Gasteiger partial charge in [-0.1, -0.05) is 18.2 Å². The number of ether oxygens (including phenoxy) is 3. The second-order valence-corrected chi connectivity index (χ2v) is 7.81. The monoisotopic (exact) mass is 382 g/mol. The van der Waals surface area contributed by atoms with Gasteiger partial charge in [-0.05, 0) is 72.9 Å². The number of hydrogen-bond donors (Lipinski definition) is 1. The maximum absolute atomic E-state index is 11.1. The minimum Gasteiger partial charge on any atom is -0.493 e. The molecule has 0 aliphatic heterocycles. The van der Waals surface area contributed by atoms with Crippen LogP contribution >= 0.6 is 0 Å². The molecule has 5 nitrogen and oxygen atoms in total. The molecule has 2 saturated carbocycles. The maximum Gasteiger partial charge on any atom is 0.335 e. The smallest absolute Gasteiger partial charge is 0.335 e. The fourth-order valence-corrected chi connectivity index (χ4v) is 4.48. The largest absolute Gasteiger partial charge is 0.493 e. The van der Waals surface area contributed by atoms with Crippen LogP contribution in [0.15, 0.2) is 42.5 Å². The van der Waals surface area contributed by atoms with Crippen LogP contribution in [0.5, 0.6) is 11.5 Å². The molecule has 3 unspecified atom stereocenters. The number of fused-ring (bicyclic) bond motifs is 2. The van der Waals surface area contributed by atoms with Gasteiger partial charge in [-0.3, -0.25) is 0 Å². The Morgan fingerprint density at radius 1 is 1.04 bits per heavy atom.